The van der Waals surface area contributed by atoms with E-state index < -0.39 is 0 Å². The van der Waals surface area contributed by atoms with Crippen LogP contribution >= 0.6 is 11.6 Å². The molecule has 0 fully saturated rings. The van der Waals surface area contributed by atoms with Gasteiger partial charge in [0, 0.05) is 17.6 Å². The van der Waals surface area contributed by atoms with Crippen LogP contribution in [0.25, 0.3) is 0 Å². The molecule has 0 amide bonds. The number of hydrogen-bond acceptors (Lipinski definition) is 5. The van der Waals surface area contributed by atoms with Crippen LogP contribution < -0.4 is 15.8 Å². The third-order valence-corrected chi connectivity index (χ3v) is 2.66. The average Bonchev–Trinajstić information content (AvgIpc) is 2.32. The van der Waals surface area contributed by atoms with Gasteiger partial charge in [0.05, 0.1) is 0 Å². The molecule has 100 valence electrons. The fourth-order valence-corrected chi connectivity index (χ4v) is 1.83. The van der Waals surface area contributed by atoms with E-state index in [9.17, 15) is 0 Å². The minimum absolute atomic E-state index is 0.167. The van der Waals surface area contributed by atoms with E-state index in [0.717, 1.165) is 12.1 Å². The highest BCUT2D eigenvalue weighted by Gasteiger charge is 2.06. The number of aryl methyl sites for hydroxylation is 1. The highest BCUT2D eigenvalue weighted by Crippen LogP contribution is 2.27. The summed E-state index contributed by atoms with van der Waals surface area (Å²) in [5.41, 5.74) is 6.57. The van der Waals surface area contributed by atoms with Gasteiger partial charge in [-0.3, -0.25) is 0 Å². The van der Waals surface area contributed by atoms with Gasteiger partial charge in [-0.05, 0) is 37.6 Å². The van der Waals surface area contributed by atoms with Gasteiger partial charge in [0.1, 0.15) is 11.6 Å². The molecule has 1 aromatic heterocycles. The first-order valence-corrected chi connectivity index (χ1v) is 6.28. The van der Waals surface area contributed by atoms with Crippen molar-refractivity contribution in [1.29, 1.82) is 0 Å². The molecule has 2 rings (SSSR count). The molecule has 1 heterocycles. The second-order valence-electron chi connectivity index (χ2n) is 3.99. The molecule has 1 aromatic carbocycles. The lowest BCUT2D eigenvalue weighted by molar-refractivity contribution is 0.459. The number of nitrogens with two attached hydrogens (primary N) is 1. The molecular weight excluding hydrogens is 264 g/mol. The summed E-state index contributed by atoms with van der Waals surface area (Å²) in [6.45, 7) is 4.63. The molecule has 0 saturated carbocycles. The zero-order chi connectivity index (χ0) is 13.8. The van der Waals surface area contributed by atoms with Crippen LogP contribution in [0.5, 0.6) is 11.6 Å². The summed E-state index contributed by atoms with van der Waals surface area (Å²) in [7, 11) is 0. The number of ether oxygens (including phenoxy) is 1. The van der Waals surface area contributed by atoms with E-state index >= 15 is 0 Å². The van der Waals surface area contributed by atoms with Gasteiger partial charge in [0.2, 0.25) is 11.8 Å². The van der Waals surface area contributed by atoms with Crippen LogP contribution in [0.3, 0.4) is 0 Å². The Labute approximate surface area is 116 Å². The van der Waals surface area contributed by atoms with Gasteiger partial charge < -0.3 is 15.8 Å². The van der Waals surface area contributed by atoms with Crippen LogP contribution in [0, 0.1) is 6.92 Å². The van der Waals surface area contributed by atoms with Crippen molar-refractivity contribution in [2.45, 2.75) is 13.8 Å². The summed E-state index contributed by atoms with van der Waals surface area (Å²) in [5.74, 6) is 1.88. The van der Waals surface area contributed by atoms with Crippen LogP contribution in [0.2, 0.25) is 5.02 Å². The van der Waals surface area contributed by atoms with E-state index in [1.165, 1.54) is 0 Å². The number of halogens is 1. The number of aromatic nitrogens is 2. The third kappa shape index (κ3) is 3.48. The molecule has 0 atom stereocenters. The maximum atomic E-state index is 5.90. The minimum Gasteiger partial charge on any atom is -0.439 e. The summed E-state index contributed by atoms with van der Waals surface area (Å²) >= 11 is 5.90. The van der Waals surface area contributed by atoms with E-state index in [4.69, 9.17) is 22.1 Å². The van der Waals surface area contributed by atoms with E-state index in [1.807, 2.05) is 19.9 Å². The molecule has 0 aliphatic rings. The first-order valence-electron chi connectivity index (χ1n) is 5.91. The second-order valence-corrected chi connectivity index (χ2v) is 4.43. The highest BCUT2D eigenvalue weighted by molar-refractivity contribution is 6.30. The SMILES string of the molecule is CCNc1cc(Oc2ccc(Cl)cc2C)nc(N)n1. The van der Waals surface area contributed by atoms with Crippen molar-refractivity contribution in [2.24, 2.45) is 0 Å². The molecule has 3 N–H and O–H groups in total. The normalized spacial score (nSPS) is 10.3. The van der Waals surface area contributed by atoms with E-state index in [1.54, 1.807) is 18.2 Å². The average molecular weight is 279 g/mol. The lowest BCUT2D eigenvalue weighted by atomic mass is 10.2. The van der Waals surface area contributed by atoms with Crippen molar-refractivity contribution in [3.63, 3.8) is 0 Å². The molecule has 0 radical (unpaired) electrons. The maximum absolute atomic E-state index is 5.90. The Morgan fingerprint density at radius 3 is 2.79 bits per heavy atom. The van der Waals surface area contributed by atoms with E-state index in [-0.39, 0.29) is 5.95 Å². The molecule has 0 saturated heterocycles. The van der Waals surface area contributed by atoms with Crippen LogP contribution in [0.1, 0.15) is 12.5 Å². The molecule has 0 spiro atoms. The minimum atomic E-state index is 0.167. The summed E-state index contributed by atoms with van der Waals surface area (Å²) in [4.78, 5) is 8.10. The van der Waals surface area contributed by atoms with Crippen molar-refractivity contribution in [1.82, 2.24) is 9.97 Å². The number of nitrogen functional groups attached to an aromatic ring is 1. The largest absolute Gasteiger partial charge is 0.439 e. The molecule has 0 aliphatic carbocycles. The zero-order valence-electron chi connectivity index (χ0n) is 10.8. The number of nitrogens with zero attached hydrogens (tertiary/aromatic N) is 2. The third-order valence-electron chi connectivity index (χ3n) is 2.43. The number of anilines is 2. The second kappa shape index (κ2) is 5.75. The van der Waals surface area contributed by atoms with Gasteiger partial charge in [-0.25, -0.2) is 0 Å². The van der Waals surface area contributed by atoms with Crippen molar-refractivity contribution < 1.29 is 4.74 Å². The van der Waals surface area contributed by atoms with Crippen LogP contribution in [-0.2, 0) is 0 Å². The topological polar surface area (TPSA) is 73.1 Å². The maximum Gasteiger partial charge on any atom is 0.226 e. The van der Waals surface area contributed by atoms with Gasteiger partial charge in [0.25, 0.3) is 0 Å². The predicted octanol–water partition coefficient (Wildman–Crippen LogP) is 3.24. The molecule has 19 heavy (non-hydrogen) atoms. The molecule has 6 heteroatoms. The number of rotatable bonds is 4. The van der Waals surface area contributed by atoms with Crippen LogP contribution in [0.4, 0.5) is 11.8 Å². The Balaban J connectivity index is 2.27. The van der Waals surface area contributed by atoms with Gasteiger partial charge in [-0.2, -0.15) is 9.97 Å². The Morgan fingerprint density at radius 1 is 1.32 bits per heavy atom. The Bertz CT molecular complexity index is 589. The fourth-order valence-electron chi connectivity index (χ4n) is 1.61. The van der Waals surface area contributed by atoms with Crippen molar-refractivity contribution in [2.75, 3.05) is 17.6 Å². The van der Waals surface area contributed by atoms with E-state index in [0.29, 0.717) is 22.5 Å². The fraction of sp³-hybridized carbons (Fsp3) is 0.231. The van der Waals surface area contributed by atoms with Crippen LogP contribution in [-0.4, -0.2) is 16.5 Å². The molecule has 0 aliphatic heterocycles. The van der Waals surface area contributed by atoms with Crippen molar-refractivity contribution in [3.05, 3.63) is 34.9 Å². The monoisotopic (exact) mass is 278 g/mol. The standard InChI is InChI=1S/C13H15ClN4O/c1-3-16-11-7-12(18-13(15)17-11)19-10-5-4-9(14)6-8(10)2/h4-7H,3H2,1-2H3,(H3,15,16,17,18). The van der Waals surface area contributed by atoms with Crippen molar-refractivity contribution in [3.8, 4) is 11.6 Å². The lowest BCUT2D eigenvalue weighted by Gasteiger charge is -2.10. The van der Waals surface area contributed by atoms with Gasteiger partial charge in [0.15, 0.2) is 0 Å². The lowest BCUT2D eigenvalue weighted by Crippen LogP contribution is -2.04. The Hall–Kier alpha value is -2.01. The van der Waals surface area contributed by atoms with Crippen LogP contribution in [0.15, 0.2) is 24.3 Å². The first kappa shape index (κ1) is 13.4. The van der Waals surface area contributed by atoms with Gasteiger partial charge in [-0.1, -0.05) is 11.6 Å². The molecule has 0 bridgehead atoms. The van der Waals surface area contributed by atoms with Gasteiger partial charge >= 0.3 is 0 Å². The zero-order valence-corrected chi connectivity index (χ0v) is 11.5. The number of benzene rings is 1. The number of hydrogen-bond donors (Lipinski definition) is 2. The Kier molecular flexibility index (Phi) is 4.06. The quantitative estimate of drug-likeness (QED) is 0.898. The smallest absolute Gasteiger partial charge is 0.226 e. The predicted molar refractivity (Wildman–Crippen MR) is 76.9 cm³/mol. The summed E-state index contributed by atoms with van der Waals surface area (Å²) in [6.07, 6.45) is 0. The van der Waals surface area contributed by atoms with Gasteiger partial charge in [-0.15, -0.1) is 0 Å². The Morgan fingerprint density at radius 2 is 2.11 bits per heavy atom. The highest BCUT2D eigenvalue weighted by atomic mass is 35.5. The molecule has 0 unspecified atom stereocenters. The van der Waals surface area contributed by atoms with Crippen molar-refractivity contribution >= 4 is 23.4 Å². The summed E-state index contributed by atoms with van der Waals surface area (Å²) in [6, 6.07) is 7.09. The van der Waals surface area contributed by atoms with E-state index in [2.05, 4.69) is 15.3 Å². The summed E-state index contributed by atoms with van der Waals surface area (Å²) in [5, 5.41) is 3.73. The molecular formula is C13H15ClN4O. The molecule has 5 nitrogen and oxygen atoms in total. The first-order chi connectivity index (χ1) is 9.08. The molecule has 2 aromatic rings. The summed E-state index contributed by atoms with van der Waals surface area (Å²) < 4.78 is 5.70. The number of nitrogens with one attached hydrogen (secondary N) is 1.